The Hall–Kier alpha value is -2.83. The van der Waals surface area contributed by atoms with E-state index in [0.29, 0.717) is 5.02 Å². The molecule has 1 N–H and O–H groups in total. The highest BCUT2D eigenvalue weighted by molar-refractivity contribution is 7.10. The second-order valence-electron chi connectivity index (χ2n) is 7.13. The van der Waals surface area contributed by atoms with Crippen LogP contribution in [-0.4, -0.2) is 30.5 Å². The van der Waals surface area contributed by atoms with Gasteiger partial charge < -0.3 is 9.88 Å². The molecular formula is C22H20ClN3O2S. The molecule has 0 saturated heterocycles. The third-order valence-electron chi connectivity index (χ3n) is 5.04. The molecule has 2 aromatic heterocycles. The van der Waals surface area contributed by atoms with Crippen molar-refractivity contribution < 1.29 is 4.92 Å². The van der Waals surface area contributed by atoms with Gasteiger partial charge in [0.1, 0.15) is 0 Å². The zero-order valence-electron chi connectivity index (χ0n) is 16.1. The van der Waals surface area contributed by atoms with Crippen molar-refractivity contribution in [3.05, 3.63) is 85.6 Å². The number of hydrogen-bond donors (Lipinski definition) is 1. The van der Waals surface area contributed by atoms with Crippen molar-refractivity contribution in [1.82, 2.24) is 4.98 Å². The fourth-order valence-corrected chi connectivity index (χ4v) is 4.67. The normalized spacial score (nSPS) is 12.2. The summed E-state index contributed by atoms with van der Waals surface area (Å²) >= 11 is 7.76. The van der Waals surface area contributed by atoms with Crippen LogP contribution in [0.15, 0.2) is 60.0 Å². The molecule has 7 heteroatoms. The van der Waals surface area contributed by atoms with Gasteiger partial charge in [0.05, 0.1) is 11.6 Å². The van der Waals surface area contributed by atoms with Crippen LogP contribution < -0.4 is 4.90 Å². The second kappa shape index (κ2) is 7.89. The first-order chi connectivity index (χ1) is 13.9. The summed E-state index contributed by atoms with van der Waals surface area (Å²) in [6, 6.07) is 17.7. The van der Waals surface area contributed by atoms with Gasteiger partial charge in [0.15, 0.2) is 0 Å². The summed E-state index contributed by atoms with van der Waals surface area (Å²) in [5.41, 5.74) is 4.79. The minimum absolute atomic E-state index is 0.168. The lowest BCUT2D eigenvalue weighted by Crippen LogP contribution is -2.13. The molecule has 5 nitrogen and oxygen atoms in total. The fourth-order valence-electron chi connectivity index (χ4n) is 3.67. The summed E-state index contributed by atoms with van der Waals surface area (Å²) in [6.45, 7) is -0.168. The second-order valence-corrected chi connectivity index (χ2v) is 8.54. The van der Waals surface area contributed by atoms with E-state index < -0.39 is 0 Å². The molecule has 0 saturated carbocycles. The molecule has 29 heavy (non-hydrogen) atoms. The molecule has 0 fully saturated rings. The number of fused-ring (bicyclic) bond motifs is 1. The maximum Gasteiger partial charge on any atom is 0.215 e. The molecule has 148 valence electrons. The van der Waals surface area contributed by atoms with Crippen LogP contribution in [0, 0.1) is 10.1 Å². The van der Waals surface area contributed by atoms with E-state index in [2.05, 4.69) is 4.98 Å². The summed E-state index contributed by atoms with van der Waals surface area (Å²) in [5.74, 6) is -0.344. The number of hydrogen-bond acceptors (Lipinski definition) is 4. The first kappa shape index (κ1) is 19.5. The van der Waals surface area contributed by atoms with E-state index in [1.54, 1.807) is 11.3 Å². The number of nitrogens with zero attached hydrogens (tertiary/aromatic N) is 2. The van der Waals surface area contributed by atoms with Crippen molar-refractivity contribution in [3.63, 3.8) is 0 Å². The molecule has 0 aliphatic carbocycles. The third kappa shape index (κ3) is 3.86. The molecule has 1 unspecified atom stereocenters. The average molecular weight is 426 g/mol. The molecule has 0 radical (unpaired) electrons. The summed E-state index contributed by atoms with van der Waals surface area (Å²) in [7, 11) is 3.99. The summed E-state index contributed by atoms with van der Waals surface area (Å²) in [5, 5.41) is 15.1. The van der Waals surface area contributed by atoms with Gasteiger partial charge in [-0.05, 0) is 41.3 Å². The zero-order valence-corrected chi connectivity index (χ0v) is 17.6. The Morgan fingerprint density at radius 1 is 1.17 bits per heavy atom. The van der Waals surface area contributed by atoms with Gasteiger partial charge in [-0.25, -0.2) is 0 Å². The van der Waals surface area contributed by atoms with Gasteiger partial charge in [-0.15, -0.1) is 11.3 Å². The largest absolute Gasteiger partial charge is 0.378 e. The SMILES string of the molecule is CN(C)c1ccc(-c2[nH]c3cc(Cl)ccc3c2C(C[N+](=O)[O-])c2cccs2)cc1. The highest BCUT2D eigenvalue weighted by Crippen LogP contribution is 2.41. The van der Waals surface area contributed by atoms with Crippen LogP contribution in [0.3, 0.4) is 0 Å². The van der Waals surface area contributed by atoms with Crippen LogP contribution in [0.4, 0.5) is 5.69 Å². The van der Waals surface area contributed by atoms with Crippen LogP contribution in [0.5, 0.6) is 0 Å². The molecule has 2 heterocycles. The first-order valence-corrected chi connectivity index (χ1v) is 10.4. The summed E-state index contributed by atoms with van der Waals surface area (Å²) in [6.07, 6.45) is 0. The number of nitro groups is 1. The number of rotatable bonds is 6. The topological polar surface area (TPSA) is 62.2 Å². The predicted octanol–water partition coefficient (Wildman–Crippen LogP) is 6.02. The lowest BCUT2D eigenvalue weighted by molar-refractivity contribution is -0.481. The Labute approximate surface area is 177 Å². The van der Waals surface area contributed by atoms with Gasteiger partial charge in [-0.2, -0.15) is 0 Å². The standard InChI is InChI=1S/C22H20ClN3O2S/c1-25(2)16-8-5-14(6-9-16)22-21(17-10-7-15(23)12-19(17)24-22)18(13-26(27)28)20-4-3-11-29-20/h3-12,18,24H,13H2,1-2H3. The lowest BCUT2D eigenvalue weighted by atomic mass is 9.92. The summed E-state index contributed by atoms with van der Waals surface area (Å²) < 4.78 is 0. The van der Waals surface area contributed by atoms with Gasteiger partial charge in [0.2, 0.25) is 6.54 Å². The minimum atomic E-state index is -0.344. The Morgan fingerprint density at radius 3 is 2.55 bits per heavy atom. The fraction of sp³-hybridized carbons (Fsp3) is 0.182. The smallest absolute Gasteiger partial charge is 0.215 e. The number of aromatic amines is 1. The van der Waals surface area contributed by atoms with Crippen molar-refractivity contribution in [2.45, 2.75) is 5.92 Å². The molecule has 4 rings (SSSR count). The zero-order chi connectivity index (χ0) is 20.5. The Kier molecular flexibility index (Phi) is 5.30. The van der Waals surface area contributed by atoms with E-state index in [0.717, 1.165) is 38.3 Å². The van der Waals surface area contributed by atoms with Crippen LogP contribution in [0.25, 0.3) is 22.2 Å². The molecule has 4 aromatic rings. The van der Waals surface area contributed by atoms with E-state index >= 15 is 0 Å². The molecule has 0 bridgehead atoms. The molecule has 0 spiro atoms. The van der Waals surface area contributed by atoms with Gasteiger partial charge in [-0.1, -0.05) is 35.9 Å². The quantitative estimate of drug-likeness (QED) is 0.303. The minimum Gasteiger partial charge on any atom is -0.378 e. The Bertz CT molecular complexity index is 1150. The van der Waals surface area contributed by atoms with Crippen LogP contribution in [0.1, 0.15) is 16.4 Å². The maximum absolute atomic E-state index is 11.5. The van der Waals surface area contributed by atoms with Crippen molar-refractivity contribution in [3.8, 4) is 11.3 Å². The van der Waals surface area contributed by atoms with E-state index in [-0.39, 0.29) is 17.4 Å². The van der Waals surface area contributed by atoms with Crippen LogP contribution >= 0.6 is 22.9 Å². The lowest BCUT2D eigenvalue weighted by Gasteiger charge is -2.15. The van der Waals surface area contributed by atoms with Gasteiger partial charge in [0, 0.05) is 51.1 Å². The third-order valence-corrected chi connectivity index (χ3v) is 6.26. The molecule has 0 aliphatic rings. The number of benzene rings is 2. The van der Waals surface area contributed by atoms with Crippen molar-refractivity contribution in [2.75, 3.05) is 25.5 Å². The van der Waals surface area contributed by atoms with Crippen LogP contribution in [-0.2, 0) is 0 Å². The van der Waals surface area contributed by atoms with E-state index in [1.165, 1.54) is 0 Å². The number of nitrogens with one attached hydrogen (secondary N) is 1. The van der Waals surface area contributed by atoms with E-state index in [9.17, 15) is 10.1 Å². The molecule has 1 atom stereocenters. The van der Waals surface area contributed by atoms with Crippen LogP contribution in [0.2, 0.25) is 5.02 Å². The highest BCUT2D eigenvalue weighted by atomic mass is 35.5. The average Bonchev–Trinajstić information content (AvgIpc) is 3.34. The van der Waals surface area contributed by atoms with E-state index in [4.69, 9.17) is 11.6 Å². The molecule has 2 aromatic carbocycles. The molecular weight excluding hydrogens is 406 g/mol. The maximum atomic E-state index is 11.5. The molecule has 0 amide bonds. The molecule has 0 aliphatic heterocycles. The summed E-state index contributed by atoms with van der Waals surface area (Å²) in [4.78, 5) is 17.8. The predicted molar refractivity (Wildman–Crippen MR) is 121 cm³/mol. The van der Waals surface area contributed by atoms with Gasteiger partial charge in [0.25, 0.3) is 0 Å². The number of H-pyrrole nitrogens is 1. The van der Waals surface area contributed by atoms with Crippen molar-refractivity contribution >= 4 is 39.5 Å². The van der Waals surface area contributed by atoms with Gasteiger partial charge >= 0.3 is 0 Å². The van der Waals surface area contributed by atoms with Crippen molar-refractivity contribution in [2.24, 2.45) is 0 Å². The highest BCUT2D eigenvalue weighted by Gasteiger charge is 2.28. The number of aromatic nitrogens is 1. The number of anilines is 1. The Morgan fingerprint density at radius 2 is 1.93 bits per heavy atom. The number of thiophene rings is 1. The van der Waals surface area contributed by atoms with Crippen molar-refractivity contribution in [1.29, 1.82) is 0 Å². The first-order valence-electron chi connectivity index (χ1n) is 9.18. The van der Waals surface area contributed by atoms with Gasteiger partial charge in [-0.3, -0.25) is 10.1 Å². The number of halogens is 1. The Balaban J connectivity index is 1.95. The van der Waals surface area contributed by atoms with E-state index in [1.807, 2.05) is 79.0 Å². The monoisotopic (exact) mass is 425 g/mol.